The molecule has 0 spiro atoms. The van der Waals surface area contributed by atoms with Gasteiger partial charge in [-0.25, -0.2) is 9.59 Å². The van der Waals surface area contributed by atoms with Crippen molar-refractivity contribution < 1.29 is 77.9 Å². The van der Waals surface area contributed by atoms with E-state index in [1.165, 1.54) is 12.7 Å². The number of hydrogen-bond donors (Lipinski definition) is 5. The standard InChI is InChI=1S/C45H68O16/c1-40(2)24-11-14-45(7)34(23(46)19-21-22-20-42(4,39(54)57-10)16-15-41(22,3)17-18-44(21,45)6)43(24,5)13-12-25(40)58-38-33(29(50)28(49)32(60-38)36(53)56-9)61-37-30(51)26(47)27(48)31(59-37)35(52)55-8/h19,22,24-34,37-38,47-51H,11-18,20H2,1-10H3/t22-,24-,25-,26-,27-,28-,29-,30+,31-,32-,33+,34+,37-,38-,41+,42+,43-,44+,45+/m0/s1. The molecule has 19 atom stereocenters. The summed E-state index contributed by atoms with van der Waals surface area (Å²) in [6, 6.07) is 0. The van der Waals surface area contributed by atoms with Crippen LogP contribution < -0.4 is 0 Å². The van der Waals surface area contributed by atoms with Crippen LogP contribution in [-0.4, -0.2) is 138 Å². The summed E-state index contributed by atoms with van der Waals surface area (Å²) in [6.45, 7) is 15.4. The van der Waals surface area contributed by atoms with Crippen molar-refractivity contribution in [2.75, 3.05) is 21.3 Å². The van der Waals surface area contributed by atoms with Crippen molar-refractivity contribution in [3.05, 3.63) is 11.6 Å². The van der Waals surface area contributed by atoms with Crippen LogP contribution in [0.2, 0.25) is 0 Å². The molecule has 2 aliphatic heterocycles. The summed E-state index contributed by atoms with van der Waals surface area (Å²) >= 11 is 0. The lowest BCUT2D eigenvalue weighted by Crippen LogP contribution is -2.68. The number of fused-ring (bicyclic) bond motifs is 7. The molecule has 0 radical (unpaired) electrons. The predicted octanol–water partition coefficient (Wildman–Crippen LogP) is 2.51. The number of hydrogen-bond acceptors (Lipinski definition) is 16. The molecule has 0 aromatic rings. The fourth-order valence-electron chi connectivity index (χ4n) is 13.8. The average molecular weight is 865 g/mol. The molecule has 344 valence electrons. The molecule has 2 saturated heterocycles. The first kappa shape index (κ1) is 46.5. The van der Waals surface area contributed by atoms with Gasteiger partial charge in [0.05, 0.1) is 32.8 Å². The van der Waals surface area contributed by atoms with E-state index in [0.717, 1.165) is 52.7 Å². The third kappa shape index (κ3) is 6.95. The first-order valence-corrected chi connectivity index (χ1v) is 21.9. The second-order valence-corrected chi connectivity index (χ2v) is 21.2. The molecule has 7 aliphatic rings. The van der Waals surface area contributed by atoms with Crippen molar-refractivity contribution in [3.8, 4) is 0 Å². The van der Waals surface area contributed by atoms with Gasteiger partial charge in [0.1, 0.15) is 36.6 Å². The Morgan fingerprint density at radius 1 is 0.672 bits per heavy atom. The van der Waals surface area contributed by atoms with Crippen LogP contribution in [0.25, 0.3) is 0 Å². The molecule has 0 unspecified atom stereocenters. The van der Waals surface area contributed by atoms with Crippen LogP contribution in [0, 0.1) is 50.2 Å². The Bertz CT molecular complexity index is 1780. The second-order valence-electron chi connectivity index (χ2n) is 21.2. The van der Waals surface area contributed by atoms with E-state index in [4.69, 9.17) is 28.4 Å². The van der Waals surface area contributed by atoms with Crippen molar-refractivity contribution in [3.63, 3.8) is 0 Å². The summed E-state index contributed by atoms with van der Waals surface area (Å²) in [6.07, 6.45) is -9.88. The van der Waals surface area contributed by atoms with E-state index in [2.05, 4.69) is 46.3 Å². The molecule has 2 heterocycles. The van der Waals surface area contributed by atoms with Gasteiger partial charge in [0.15, 0.2) is 30.6 Å². The Morgan fingerprint density at radius 3 is 1.87 bits per heavy atom. The lowest BCUT2D eigenvalue weighted by atomic mass is 9.33. The number of allylic oxidation sites excluding steroid dienone is 2. The number of methoxy groups -OCH3 is 3. The minimum atomic E-state index is -1.93. The summed E-state index contributed by atoms with van der Waals surface area (Å²) in [5.74, 6) is -2.39. The van der Waals surface area contributed by atoms with Gasteiger partial charge in [-0.3, -0.25) is 9.59 Å². The molecule has 0 bridgehead atoms. The topological polar surface area (TPSA) is 234 Å². The van der Waals surface area contributed by atoms with Gasteiger partial charge in [0, 0.05) is 5.92 Å². The van der Waals surface area contributed by atoms with Crippen molar-refractivity contribution in [1.82, 2.24) is 0 Å². The maximum Gasteiger partial charge on any atom is 0.337 e. The monoisotopic (exact) mass is 864 g/mol. The number of ketones is 1. The van der Waals surface area contributed by atoms with Crippen LogP contribution in [0.3, 0.4) is 0 Å². The third-order valence-corrected chi connectivity index (χ3v) is 17.8. The average Bonchev–Trinajstić information content (AvgIpc) is 3.21. The fraction of sp³-hybridized carbons (Fsp3) is 0.867. The van der Waals surface area contributed by atoms with Crippen LogP contribution in [0.5, 0.6) is 0 Å². The van der Waals surface area contributed by atoms with Crippen molar-refractivity contribution in [1.29, 1.82) is 0 Å². The van der Waals surface area contributed by atoms with Crippen molar-refractivity contribution >= 4 is 23.7 Å². The molecule has 61 heavy (non-hydrogen) atoms. The zero-order chi connectivity index (χ0) is 45.0. The maximum atomic E-state index is 15.0. The number of ether oxygens (including phenoxy) is 7. The number of carbonyl (C=O) groups excluding carboxylic acids is 4. The van der Waals surface area contributed by atoms with Crippen molar-refractivity contribution in [2.24, 2.45) is 50.2 Å². The van der Waals surface area contributed by atoms with E-state index in [-0.39, 0.29) is 45.8 Å². The third-order valence-electron chi connectivity index (χ3n) is 17.8. The molecule has 6 fully saturated rings. The Kier molecular flexibility index (Phi) is 12.1. The second kappa shape index (κ2) is 15.9. The minimum absolute atomic E-state index is 0.0224. The van der Waals surface area contributed by atoms with Crippen LogP contribution in [0.15, 0.2) is 11.6 Å². The SMILES string of the molecule is COC(=O)[C@H]1O[C@@H](O[C@H]2[C@@H](O[C@H]3CC[C@]4(C)[C@H]5C(=O)C=C6[C@@H]7C[C@](C)(C(=O)OC)CC[C@]7(C)CC[C@@]6(C)[C@]5(C)CC[C@H]4C3(C)C)O[C@H](C(=O)OC)[C@@H](O)[C@@H]2O)[C@H](O)[C@@H](O)[C@@H]1O. The van der Waals surface area contributed by atoms with Crippen LogP contribution in [0.1, 0.15) is 106 Å². The molecular formula is C45H68O16. The summed E-state index contributed by atoms with van der Waals surface area (Å²) < 4.78 is 39.1. The van der Waals surface area contributed by atoms with Gasteiger partial charge in [0.2, 0.25) is 0 Å². The number of esters is 3. The highest BCUT2D eigenvalue weighted by molar-refractivity contribution is 5.95. The van der Waals surface area contributed by atoms with Gasteiger partial charge in [-0.05, 0) is 110 Å². The molecule has 4 saturated carbocycles. The highest BCUT2D eigenvalue weighted by Crippen LogP contribution is 2.75. The first-order chi connectivity index (χ1) is 28.4. The molecule has 0 aromatic heterocycles. The highest BCUT2D eigenvalue weighted by atomic mass is 16.8. The lowest BCUT2D eigenvalue weighted by Gasteiger charge is -2.70. The van der Waals surface area contributed by atoms with Gasteiger partial charge in [-0.2, -0.15) is 0 Å². The Hall–Kier alpha value is -2.54. The molecule has 16 heteroatoms. The summed E-state index contributed by atoms with van der Waals surface area (Å²) in [4.78, 5) is 53.4. The number of aliphatic hydroxyl groups excluding tert-OH is 5. The van der Waals surface area contributed by atoms with Gasteiger partial charge in [-0.1, -0.05) is 47.1 Å². The smallest absolute Gasteiger partial charge is 0.337 e. The van der Waals surface area contributed by atoms with E-state index in [0.29, 0.717) is 19.3 Å². The Balaban J connectivity index is 1.18. The molecule has 0 aromatic carbocycles. The summed E-state index contributed by atoms with van der Waals surface area (Å²) in [5, 5.41) is 54.5. The quantitative estimate of drug-likeness (QED) is 0.141. The summed E-state index contributed by atoms with van der Waals surface area (Å²) in [5.41, 5.74) is -1.21. The molecule has 7 rings (SSSR count). The minimum Gasteiger partial charge on any atom is -0.469 e. The molecular weight excluding hydrogens is 796 g/mol. The van der Waals surface area contributed by atoms with Gasteiger partial charge in [0.25, 0.3) is 0 Å². The Morgan fingerprint density at radius 2 is 1.26 bits per heavy atom. The van der Waals surface area contributed by atoms with E-state index >= 15 is 0 Å². The van der Waals surface area contributed by atoms with Gasteiger partial charge in [-0.15, -0.1) is 0 Å². The Labute approximate surface area is 357 Å². The van der Waals surface area contributed by atoms with Crippen molar-refractivity contribution in [2.45, 2.75) is 174 Å². The molecule has 16 nitrogen and oxygen atoms in total. The van der Waals surface area contributed by atoms with Crippen LogP contribution in [-0.2, 0) is 52.3 Å². The maximum absolute atomic E-state index is 15.0. The number of rotatable bonds is 7. The number of carbonyl (C=O) groups is 4. The summed E-state index contributed by atoms with van der Waals surface area (Å²) in [7, 11) is 3.59. The van der Waals surface area contributed by atoms with Crippen LogP contribution in [0.4, 0.5) is 0 Å². The molecule has 0 amide bonds. The van der Waals surface area contributed by atoms with E-state index < -0.39 is 95.7 Å². The number of aliphatic hydroxyl groups is 5. The van der Waals surface area contributed by atoms with E-state index in [9.17, 15) is 44.7 Å². The van der Waals surface area contributed by atoms with E-state index in [1.54, 1.807) is 0 Å². The first-order valence-electron chi connectivity index (χ1n) is 21.9. The molecule has 5 aliphatic carbocycles. The zero-order valence-corrected chi connectivity index (χ0v) is 37.3. The van der Waals surface area contributed by atoms with Gasteiger partial charge >= 0.3 is 17.9 Å². The normalized spacial score (nSPS) is 50.4. The predicted molar refractivity (Wildman–Crippen MR) is 213 cm³/mol. The fourth-order valence-corrected chi connectivity index (χ4v) is 13.8. The largest absolute Gasteiger partial charge is 0.469 e. The van der Waals surface area contributed by atoms with Gasteiger partial charge < -0.3 is 58.7 Å². The molecule has 5 N–H and O–H groups in total. The lowest BCUT2D eigenvalue weighted by molar-refractivity contribution is -0.371. The zero-order valence-electron chi connectivity index (χ0n) is 37.3. The van der Waals surface area contributed by atoms with Crippen LogP contribution >= 0.6 is 0 Å². The highest BCUT2D eigenvalue weighted by Gasteiger charge is 2.71. The van der Waals surface area contributed by atoms with E-state index in [1.807, 2.05) is 13.0 Å².